The number of hydrogen-bond donors (Lipinski definition) is 0. The smallest absolute Gasteiger partial charge is 0.300 e. The van der Waals surface area contributed by atoms with Gasteiger partial charge in [0.25, 0.3) is 5.78 Å². The van der Waals surface area contributed by atoms with Crippen LogP contribution in [0.5, 0.6) is 11.5 Å². The minimum absolute atomic E-state index is 0.266. The zero-order valence-corrected chi connectivity index (χ0v) is 15.8. The highest BCUT2D eigenvalue weighted by Crippen LogP contribution is 2.33. The fraction of sp³-hybridized carbons (Fsp3) is 0.333. The van der Waals surface area contributed by atoms with Crippen LogP contribution in [0.4, 0.5) is 10.1 Å². The van der Waals surface area contributed by atoms with Crippen LogP contribution < -0.4 is 14.4 Å². The molecule has 0 aliphatic carbocycles. The van der Waals surface area contributed by atoms with E-state index in [0.29, 0.717) is 12.4 Å². The van der Waals surface area contributed by atoms with Crippen molar-refractivity contribution in [3.63, 3.8) is 0 Å². The molecule has 0 N–H and O–H groups in total. The highest BCUT2D eigenvalue weighted by molar-refractivity contribution is 6.52. The summed E-state index contributed by atoms with van der Waals surface area (Å²) >= 11 is 0. The first-order valence-corrected chi connectivity index (χ1v) is 9.57. The second kappa shape index (κ2) is 7.13. The Morgan fingerprint density at radius 2 is 1.66 bits per heavy atom. The Bertz CT molecular complexity index is 988. The standard InChI is InChI=1S/C21H20FN3O4/c22-15-2-3-16-17(10-15)25(21(27)20(16)26)12-24-7-5-23(6-8-24)11-14-1-4-18-19(9-14)29-13-28-18/h1-4,9-10H,5-8,11-13H2. The van der Waals surface area contributed by atoms with Crippen molar-refractivity contribution in [1.82, 2.24) is 9.80 Å². The number of fused-ring (bicyclic) bond motifs is 2. The number of amides is 1. The molecule has 7 nitrogen and oxygen atoms in total. The zero-order valence-electron chi connectivity index (χ0n) is 15.8. The summed E-state index contributed by atoms with van der Waals surface area (Å²) in [7, 11) is 0. The Morgan fingerprint density at radius 1 is 0.897 bits per heavy atom. The minimum Gasteiger partial charge on any atom is -0.454 e. The summed E-state index contributed by atoms with van der Waals surface area (Å²) in [6.07, 6.45) is 0. The molecule has 0 spiro atoms. The van der Waals surface area contributed by atoms with Crippen LogP contribution in [0.2, 0.25) is 0 Å². The normalized spacial score (nSPS) is 19.1. The lowest BCUT2D eigenvalue weighted by atomic mass is 10.1. The van der Waals surface area contributed by atoms with Gasteiger partial charge < -0.3 is 9.47 Å². The molecule has 0 radical (unpaired) electrons. The molecule has 3 aliphatic rings. The van der Waals surface area contributed by atoms with E-state index >= 15 is 0 Å². The maximum Gasteiger partial charge on any atom is 0.300 e. The molecule has 1 fully saturated rings. The predicted molar refractivity (Wildman–Crippen MR) is 102 cm³/mol. The number of benzene rings is 2. The third-order valence-corrected chi connectivity index (χ3v) is 5.58. The van der Waals surface area contributed by atoms with Gasteiger partial charge in [0.15, 0.2) is 11.5 Å². The number of halogens is 1. The molecule has 0 unspecified atom stereocenters. The maximum atomic E-state index is 13.6. The van der Waals surface area contributed by atoms with Gasteiger partial charge in [0.1, 0.15) is 5.82 Å². The highest BCUT2D eigenvalue weighted by Gasteiger charge is 2.37. The molecule has 0 aromatic heterocycles. The van der Waals surface area contributed by atoms with Gasteiger partial charge in [-0.25, -0.2) is 4.39 Å². The van der Waals surface area contributed by atoms with E-state index in [9.17, 15) is 14.0 Å². The molecule has 29 heavy (non-hydrogen) atoms. The largest absolute Gasteiger partial charge is 0.454 e. The summed E-state index contributed by atoms with van der Waals surface area (Å²) in [6, 6.07) is 9.83. The van der Waals surface area contributed by atoms with Crippen molar-refractivity contribution >= 4 is 17.4 Å². The van der Waals surface area contributed by atoms with Crippen molar-refractivity contribution < 1.29 is 23.5 Å². The van der Waals surface area contributed by atoms with Crippen LogP contribution in [0.15, 0.2) is 36.4 Å². The number of ether oxygens (including phenoxy) is 2. The zero-order chi connectivity index (χ0) is 20.0. The third kappa shape index (κ3) is 3.34. The molecule has 1 amide bonds. The second-order valence-corrected chi connectivity index (χ2v) is 7.45. The Morgan fingerprint density at radius 3 is 2.48 bits per heavy atom. The molecule has 3 heterocycles. The molecular formula is C21H20FN3O4. The molecule has 0 bridgehead atoms. The summed E-state index contributed by atoms with van der Waals surface area (Å²) in [4.78, 5) is 30.3. The van der Waals surface area contributed by atoms with Crippen LogP contribution in [0.25, 0.3) is 0 Å². The molecule has 0 atom stereocenters. The minimum atomic E-state index is -0.589. The van der Waals surface area contributed by atoms with Gasteiger partial charge in [-0.15, -0.1) is 0 Å². The quantitative estimate of drug-likeness (QED) is 0.734. The Balaban J connectivity index is 1.20. The number of nitrogens with zero attached hydrogens (tertiary/aromatic N) is 3. The average Bonchev–Trinajstić information content (AvgIpc) is 3.28. The number of Topliss-reactive ketones (excluding diaryl/α,β-unsaturated/α-hetero) is 1. The summed E-state index contributed by atoms with van der Waals surface area (Å²) in [6.45, 7) is 4.54. The number of carbonyl (C=O) groups is 2. The van der Waals surface area contributed by atoms with Crippen LogP contribution in [-0.4, -0.2) is 61.1 Å². The first kappa shape index (κ1) is 18.1. The topological polar surface area (TPSA) is 62.3 Å². The van der Waals surface area contributed by atoms with Crippen molar-refractivity contribution in [2.24, 2.45) is 0 Å². The summed E-state index contributed by atoms with van der Waals surface area (Å²) in [5, 5.41) is 0. The van der Waals surface area contributed by atoms with E-state index in [2.05, 4.69) is 9.80 Å². The van der Waals surface area contributed by atoms with Gasteiger partial charge in [0.05, 0.1) is 17.9 Å². The van der Waals surface area contributed by atoms with E-state index in [1.165, 1.54) is 23.1 Å². The Labute approximate surface area is 167 Å². The number of ketones is 1. The van der Waals surface area contributed by atoms with Gasteiger partial charge >= 0.3 is 5.91 Å². The SMILES string of the molecule is O=C1C(=O)N(CN2CCN(Cc3ccc4c(c3)OCO4)CC2)c2cc(F)ccc21. The molecule has 2 aromatic rings. The Kier molecular flexibility index (Phi) is 4.44. The lowest BCUT2D eigenvalue weighted by molar-refractivity contribution is -0.114. The van der Waals surface area contributed by atoms with E-state index in [1.54, 1.807) is 0 Å². The first-order chi connectivity index (χ1) is 14.1. The van der Waals surface area contributed by atoms with Crippen molar-refractivity contribution in [2.75, 3.05) is 44.5 Å². The maximum absolute atomic E-state index is 13.6. The molecular weight excluding hydrogens is 377 g/mol. The lowest BCUT2D eigenvalue weighted by Gasteiger charge is -2.36. The third-order valence-electron chi connectivity index (χ3n) is 5.58. The number of carbonyl (C=O) groups excluding carboxylic acids is 2. The Hall–Kier alpha value is -2.97. The highest BCUT2D eigenvalue weighted by atomic mass is 19.1. The van der Waals surface area contributed by atoms with Crippen molar-refractivity contribution in [1.29, 1.82) is 0 Å². The predicted octanol–water partition coefficient (Wildman–Crippen LogP) is 1.86. The summed E-state index contributed by atoms with van der Waals surface area (Å²) in [5.41, 5.74) is 1.80. The van der Waals surface area contributed by atoms with Crippen LogP contribution in [0.3, 0.4) is 0 Å². The molecule has 5 rings (SSSR count). The number of anilines is 1. The van der Waals surface area contributed by atoms with Crippen LogP contribution in [0.1, 0.15) is 15.9 Å². The first-order valence-electron chi connectivity index (χ1n) is 9.57. The number of piperazine rings is 1. The number of hydrogen-bond acceptors (Lipinski definition) is 6. The molecule has 0 saturated carbocycles. The molecule has 3 aliphatic heterocycles. The molecule has 8 heteroatoms. The van der Waals surface area contributed by atoms with Crippen molar-refractivity contribution in [3.8, 4) is 11.5 Å². The average molecular weight is 397 g/mol. The van der Waals surface area contributed by atoms with E-state index in [-0.39, 0.29) is 12.4 Å². The molecule has 1 saturated heterocycles. The number of rotatable bonds is 4. The lowest BCUT2D eigenvalue weighted by Crippen LogP contribution is -2.50. The van der Waals surface area contributed by atoms with Crippen LogP contribution in [0, 0.1) is 5.82 Å². The van der Waals surface area contributed by atoms with Gasteiger partial charge in [-0.05, 0) is 35.9 Å². The van der Waals surface area contributed by atoms with Crippen LogP contribution in [-0.2, 0) is 11.3 Å². The van der Waals surface area contributed by atoms with Gasteiger partial charge in [-0.2, -0.15) is 0 Å². The van der Waals surface area contributed by atoms with E-state index in [1.807, 2.05) is 18.2 Å². The molecule has 2 aromatic carbocycles. The van der Waals surface area contributed by atoms with E-state index < -0.39 is 17.5 Å². The fourth-order valence-electron chi connectivity index (χ4n) is 3.99. The second-order valence-electron chi connectivity index (χ2n) is 7.45. The monoisotopic (exact) mass is 397 g/mol. The van der Waals surface area contributed by atoms with Crippen molar-refractivity contribution in [3.05, 3.63) is 53.3 Å². The van der Waals surface area contributed by atoms with Gasteiger partial charge in [0.2, 0.25) is 6.79 Å². The van der Waals surface area contributed by atoms with E-state index in [4.69, 9.17) is 9.47 Å². The summed E-state index contributed by atoms with van der Waals surface area (Å²) < 4.78 is 24.4. The van der Waals surface area contributed by atoms with Gasteiger partial charge in [-0.1, -0.05) is 6.07 Å². The molecule has 150 valence electrons. The van der Waals surface area contributed by atoms with Gasteiger partial charge in [-0.3, -0.25) is 24.3 Å². The van der Waals surface area contributed by atoms with E-state index in [0.717, 1.165) is 49.8 Å². The fourth-order valence-corrected chi connectivity index (χ4v) is 3.99. The van der Waals surface area contributed by atoms with Crippen molar-refractivity contribution in [2.45, 2.75) is 6.54 Å². The summed E-state index contributed by atoms with van der Waals surface area (Å²) in [5.74, 6) is -0.0519. The van der Waals surface area contributed by atoms with Crippen LogP contribution >= 0.6 is 0 Å². The van der Waals surface area contributed by atoms with Gasteiger partial charge in [0, 0.05) is 32.7 Å².